The Morgan fingerprint density at radius 1 is 1.02 bits per heavy atom. The molecule has 2 heterocycles. The minimum atomic E-state index is -0.815. The number of para-hydroxylation sites is 1. The van der Waals surface area contributed by atoms with Gasteiger partial charge in [-0.3, -0.25) is 4.79 Å². The number of rotatable bonds is 11. The molecule has 8 nitrogen and oxygen atoms in total. The Morgan fingerprint density at radius 3 is 2.48 bits per heavy atom. The molecule has 8 heteroatoms. The molecular formula is C36H45N5O3. The second-order valence-corrected chi connectivity index (χ2v) is 12.1. The Bertz CT molecular complexity index is 1540. The molecule has 232 valence electrons. The second kappa shape index (κ2) is 14.4. The van der Waals surface area contributed by atoms with E-state index in [4.69, 9.17) is 4.74 Å². The molecule has 0 spiro atoms. The quantitative estimate of drug-likeness (QED) is 0.180. The number of carbonyl (C=O) groups excluding carboxylic acids is 2. The van der Waals surface area contributed by atoms with Crippen LogP contribution < -0.4 is 15.4 Å². The minimum Gasteiger partial charge on any atom is -0.491 e. The van der Waals surface area contributed by atoms with Gasteiger partial charge >= 0.3 is 6.03 Å². The van der Waals surface area contributed by atoms with E-state index in [0.29, 0.717) is 37.1 Å². The Morgan fingerprint density at radius 2 is 1.75 bits per heavy atom. The molecule has 1 fully saturated rings. The van der Waals surface area contributed by atoms with Gasteiger partial charge in [-0.15, -0.1) is 0 Å². The predicted octanol–water partition coefficient (Wildman–Crippen LogP) is 6.72. The van der Waals surface area contributed by atoms with E-state index in [1.807, 2.05) is 80.6 Å². The van der Waals surface area contributed by atoms with Gasteiger partial charge in [-0.1, -0.05) is 68.4 Å². The van der Waals surface area contributed by atoms with E-state index in [0.717, 1.165) is 47.8 Å². The van der Waals surface area contributed by atoms with Crippen molar-refractivity contribution in [2.24, 2.45) is 0 Å². The number of anilines is 1. The fourth-order valence-corrected chi connectivity index (χ4v) is 6.12. The lowest BCUT2D eigenvalue weighted by Crippen LogP contribution is -2.53. The van der Waals surface area contributed by atoms with Crippen LogP contribution in [-0.2, 0) is 11.3 Å². The first kappa shape index (κ1) is 31.1. The molecule has 1 aliphatic heterocycles. The minimum absolute atomic E-state index is 0.216. The van der Waals surface area contributed by atoms with Crippen LogP contribution in [0.25, 0.3) is 10.9 Å². The van der Waals surface area contributed by atoms with Crippen molar-refractivity contribution in [1.82, 2.24) is 20.1 Å². The molecule has 2 unspecified atom stereocenters. The lowest BCUT2D eigenvalue weighted by atomic mass is 9.89. The molecule has 2 atom stereocenters. The van der Waals surface area contributed by atoms with E-state index in [1.54, 1.807) is 0 Å². The normalized spacial score (nSPS) is 15.2. The topological polar surface area (TPSA) is 89.7 Å². The molecule has 3 amide bonds. The van der Waals surface area contributed by atoms with Crippen LogP contribution in [0.3, 0.4) is 0 Å². The van der Waals surface area contributed by atoms with Gasteiger partial charge in [-0.05, 0) is 74.2 Å². The number of piperidine rings is 1. The molecule has 4 aromatic rings. The zero-order chi connectivity index (χ0) is 31.1. The number of nitrogens with zero attached hydrogens (tertiary/aromatic N) is 2. The number of benzene rings is 3. The average Bonchev–Trinajstić information content (AvgIpc) is 3.47. The zero-order valence-corrected chi connectivity index (χ0v) is 26.3. The smallest absolute Gasteiger partial charge is 0.318 e. The number of aromatic amines is 1. The SMILES string of the molecule is CCCOc1ccc(CN(C)C)cc1NC(=O)C(NC(=O)N1CCC(c2ccccc2)CC1)C(C)c1c[nH]c2ccccc12. The molecule has 0 aliphatic carbocycles. The Hall–Kier alpha value is -4.30. The summed E-state index contributed by atoms with van der Waals surface area (Å²) in [4.78, 5) is 35.2. The molecule has 5 rings (SSSR count). The van der Waals surface area contributed by atoms with E-state index >= 15 is 0 Å². The lowest BCUT2D eigenvalue weighted by molar-refractivity contribution is -0.118. The number of hydrogen-bond acceptors (Lipinski definition) is 4. The number of H-pyrrole nitrogens is 1. The Balaban J connectivity index is 1.38. The summed E-state index contributed by atoms with van der Waals surface area (Å²) in [5, 5.41) is 7.31. The standard InChI is InChI=1S/C36H45N5O3/c1-5-21-44-33-16-15-26(24-40(3)4)22-32(33)38-35(42)34(25(2)30-23-37-31-14-10-9-13-29(30)31)39-36(43)41-19-17-28(18-20-41)27-11-7-6-8-12-27/h6-16,22-23,25,28,34,37H,5,17-21,24H2,1-4H3,(H,38,42)(H,39,43). The van der Waals surface area contributed by atoms with Crippen LogP contribution in [0, 0.1) is 0 Å². The summed E-state index contributed by atoms with van der Waals surface area (Å²) in [6, 6.07) is 23.4. The maximum Gasteiger partial charge on any atom is 0.318 e. The fraction of sp³-hybridized carbons (Fsp3) is 0.389. The van der Waals surface area contributed by atoms with E-state index < -0.39 is 6.04 Å². The molecule has 1 aliphatic rings. The van der Waals surface area contributed by atoms with Crippen molar-refractivity contribution >= 4 is 28.5 Å². The maximum atomic E-state index is 14.2. The summed E-state index contributed by atoms with van der Waals surface area (Å²) in [5.41, 5.74) is 4.95. The van der Waals surface area contributed by atoms with Crippen molar-refractivity contribution in [3.05, 3.63) is 95.7 Å². The second-order valence-electron chi connectivity index (χ2n) is 12.1. The summed E-state index contributed by atoms with van der Waals surface area (Å²) in [7, 11) is 4.02. The van der Waals surface area contributed by atoms with E-state index in [9.17, 15) is 9.59 Å². The van der Waals surface area contributed by atoms with Crippen LogP contribution in [0.2, 0.25) is 0 Å². The average molecular weight is 596 g/mol. The van der Waals surface area contributed by atoms with Gasteiger partial charge < -0.3 is 30.2 Å². The molecule has 3 N–H and O–H groups in total. The lowest BCUT2D eigenvalue weighted by Gasteiger charge is -2.34. The van der Waals surface area contributed by atoms with Gasteiger partial charge in [0.2, 0.25) is 5.91 Å². The summed E-state index contributed by atoms with van der Waals surface area (Å²) in [6.07, 6.45) is 4.58. The van der Waals surface area contributed by atoms with Gasteiger partial charge in [-0.2, -0.15) is 0 Å². The third-order valence-corrected chi connectivity index (χ3v) is 8.49. The van der Waals surface area contributed by atoms with Crippen molar-refractivity contribution in [2.45, 2.75) is 57.5 Å². The molecule has 3 aromatic carbocycles. The highest BCUT2D eigenvalue weighted by molar-refractivity contribution is 5.99. The number of carbonyl (C=O) groups is 2. The van der Waals surface area contributed by atoms with Gasteiger partial charge in [0.05, 0.1) is 12.3 Å². The van der Waals surface area contributed by atoms with Crippen LogP contribution in [0.15, 0.2) is 79.0 Å². The van der Waals surface area contributed by atoms with Crippen molar-refractivity contribution in [1.29, 1.82) is 0 Å². The number of nitrogens with one attached hydrogen (secondary N) is 3. The molecule has 0 radical (unpaired) electrons. The van der Waals surface area contributed by atoms with Crippen LogP contribution in [0.1, 0.15) is 61.6 Å². The van der Waals surface area contributed by atoms with Gasteiger partial charge in [0.15, 0.2) is 0 Å². The first-order chi connectivity index (χ1) is 21.3. The van der Waals surface area contributed by atoms with Crippen LogP contribution >= 0.6 is 0 Å². The number of amides is 3. The third-order valence-electron chi connectivity index (χ3n) is 8.49. The van der Waals surface area contributed by atoms with Gasteiger partial charge in [-0.25, -0.2) is 4.79 Å². The monoisotopic (exact) mass is 595 g/mol. The third kappa shape index (κ3) is 7.42. The number of urea groups is 1. The zero-order valence-electron chi connectivity index (χ0n) is 26.3. The van der Waals surface area contributed by atoms with Crippen LogP contribution in [-0.4, -0.2) is 66.6 Å². The van der Waals surface area contributed by atoms with Gasteiger partial charge in [0, 0.05) is 42.7 Å². The largest absolute Gasteiger partial charge is 0.491 e. The Labute approximate surface area is 260 Å². The summed E-state index contributed by atoms with van der Waals surface area (Å²) in [6.45, 7) is 6.60. The summed E-state index contributed by atoms with van der Waals surface area (Å²) < 4.78 is 6.01. The first-order valence-corrected chi connectivity index (χ1v) is 15.7. The molecule has 1 aromatic heterocycles. The van der Waals surface area contributed by atoms with Gasteiger partial charge in [0.1, 0.15) is 11.8 Å². The van der Waals surface area contributed by atoms with E-state index in [-0.39, 0.29) is 17.9 Å². The first-order valence-electron chi connectivity index (χ1n) is 15.7. The van der Waals surface area contributed by atoms with Crippen molar-refractivity contribution in [3.8, 4) is 5.75 Å². The van der Waals surface area contributed by atoms with Crippen LogP contribution in [0.4, 0.5) is 10.5 Å². The molecule has 0 bridgehead atoms. The summed E-state index contributed by atoms with van der Waals surface area (Å²) >= 11 is 0. The molecule has 0 saturated carbocycles. The fourth-order valence-electron chi connectivity index (χ4n) is 6.12. The van der Waals surface area contributed by atoms with E-state index in [2.05, 4.69) is 51.7 Å². The predicted molar refractivity (Wildman–Crippen MR) is 177 cm³/mol. The number of aromatic nitrogens is 1. The molecule has 1 saturated heterocycles. The Kier molecular flexibility index (Phi) is 10.2. The maximum absolute atomic E-state index is 14.2. The summed E-state index contributed by atoms with van der Waals surface area (Å²) in [5.74, 6) is 0.469. The van der Waals surface area contributed by atoms with Crippen LogP contribution in [0.5, 0.6) is 5.75 Å². The van der Waals surface area contributed by atoms with E-state index in [1.165, 1.54) is 5.56 Å². The highest BCUT2D eigenvalue weighted by atomic mass is 16.5. The highest BCUT2D eigenvalue weighted by Gasteiger charge is 2.33. The van der Waals surface area contributed by atoms with Gasteiger partial charge in [0.25, 0.3) is 0 Å². The number of ether oxygens (including phenoxy) is 1. The molecular weight excluding hydrogens is 550 g/mol. The van der Waals surface area contributed by atoms with Crippen molar-refractivity contribution in [2.75, 3.05) is 39.1 Å². The number of hydrogen-bond donors (Lipinski definition) is 3. The van der Waals surface area contributed by atoms with Crippen molar-refractivity contribution < 1.29 is 14.3 Å². The number of likely N-dealkylation sites (tertiary alicyclic amines) is 1. The number of fused-ring (bicyclic) bond motifs is 1. The highest BCUT2D eigenvalue weighted by Crippen LogP contribution is 2.32. The van der Waals surface area contributed by atoms with Crippen molar-refractivity contribution in [3.63, 3.8) is 0 Å². The molecule has 44 heavy (non-hydrogen) atoms.